The van der Waals surface area contributed by atoms with E-state index in [1.165, 1.54) is 97.1 Å². The van der Waals surface area contributed by atoms with Crippen LogP contribution in [0.2, 0.25) is 0 Å². The maximum Gasteiger partial charge on any atom is 0.513 e. The molecule has 0 aliphatic carbocycles. The minimum Gasteiger partial charge on any atom is -0.463 e. The Balaban J connectivity index is 0.876. The molecule has 0 N–H and O–H groups in total. The Bertz CT molecular complexity index is 2320. The molecule has 4 atom stereocenters. The van der Waals surface area contributed by atoms with Crippen LogP contribution in [-0.4, -0.2) is 112 Å². The second-order valence-electron chi connectivity index (χ2n) is 14.9. The molecule has 0 aromatic heterocycles. The van der Waals surface area contributed by atoms with Crippen LogP contribution in [0.4, 0.5) is 9.59 Å². The van der Waals surface area contributed by atoms with E-state index in [1.54, 1.807) is 0 Å². The first-order chi connectivity index (χ1) is 33.9. The number of hydrogen-bond donors (Lipinski definition) is 0. The zero-order chi connectivity index (χ0) is 49.8. The van der Waals surface area contributed by atoms with Crippen LogP contribution in [0.5, 0.6) is 23.0 Å². The quantitative estimate of drug-likeness (QED) is 0.0198. The molecule has 0 spiro atoms. The molecule has 0 bridgehead atoms. The van der Waals surface area contributed by atoms with Crippen LogP contribution in [0, 0.1) is 0 Å². The molecule has 2 heterocycles. The average Bonchev–Trinajstić information content (AvgIpc) is 3.96. The normalized spacial score (nSPS) is 16.5. The predicted molar refractivity (Wildman–Crippen MR) is 238 cm³/mol. The summed E-state index contributed by atoms with van der Waals surface area (Å²) in [4.78, 5) is 97.6. The van der Waals surface area contributed by atoms with Crippen LogP contribution in [0.1, 0.15) is 67.1 Å². The van der Waals surface area contributed by atoms with Crippen molar-refractivity contribution in [1.82, 2.24) is 0 Å². The molecular formula is C50H46O20. The SMILES string of the molecule is C=CC(=O)OCCCCOC(=O)Oc1ccc(C(=O)Oc2ccc(C(=O)OC3CO[C@H]4[C@@H]3OC[C@H]4OC(=O)c3ccc(OC(=O)c4ccc(OC(=O)OCCCCOC(=O)C=C)cc4)cc3)cc2)cc1. The maximum atomic E-state index is 13.1. The van der Waals surface area contributed by atoms with Crippen LogP contribution >= 0.6 is 0 Å². The second-order valence-corrected chi connectivity index (χ2v) is 14.9. The van der Waals surface area contributed by atoms with Gasteiger partial charge in [0.2, 0.25) is 0 Å². The van der Waals surface area contributed by atoms with E-state index in [1.807, 2.05) is 0 Å². The van der Waals surface area contributed by atoms with Crippen LogP contribution in [0.3, 0.4) is 0 Å². The van der Waals surface area contributed by atoms with E-state index in [2.05, 4.69) is 13.2 Å². The average molecular weight is 967 g/mol. The lowest BCUT2D eigenvalue weighted by molar-refractivity contribution is -0.138. The van der Waals surface area contributed by atoms with Gasteiger partial charge >= 0.3 is 48.1 Å². The number of carbonyl (C=O) groups excluding carboxylic acids is 8. The van der Waals surface area contributed by atoms with Gasteiger partial charge in [-0.2, -0.15) is 0 Å². The van der Waals surface area contributed by atoms with Gasteiger partial charge in [0.15, 0.2) is 12.2 Å². The molecule has 0 saturated carbocycles. The smallest absolute Gasteiger partial charge is 0.463 e. The van der Waals surface area contributed by atoms with E-state index in [-0.39, 0.29) is 84.9 Å². The zero-order valence-electron chi connectivity index (χ0n) is 37.4. The maximum absolute atomic E-state index is 13.1. The Labute approximate surface area is 399 Å². The fourth-order valence-corrected chi connectivity index (χ4v) is 6.44. The van der Waals surface area contributed by atoms with Gasteiger partial charge in [-0.15, -0.1) is 0 Å². The van der Waals surface area contributed by atoms with Crippen molar-refractivity contribution >= 4 is 48.1 Å². The molecule has 2 fully saturated rings. The summed E-state index contributed by atoms with van der Waals surface area (Å²) in [5.74, 6) is -3.35. The van der Waals surface area contributed by atoms with Gasteiger partial charge in [-0.3, -0.25) is 0 Å². The molecular weight excluding hydrogens is 921 g/mol. The van der Waals surface area contributed by atoms with Crippen LogP contribution in [0.25, 0.3) is 0 Å². The molecule has 1 unspecified atom stereocenters. The molecule has 6 rings (SSSR count). The van der Waals surface area contributed by atoms with Crippen molar-refractivity contribution in [3.05, 3.63) is 145 Å². The number of hydrogen-bond acceptors (Lipinski definition) is 20. The lowest BCUT2D eigenvalue weighted by atomic mass is 10.1. The van der Waals surface area contributed by atoms with Crippen molar-refractivity contribution in [3.63, 3.8) is 0 Å². The summed E-state index contributed by atoms with van der Waals surface area (Å²) >= 11 is 0. The number of unbranched alkanes of at least 4 members (excludes halogenated alkanes) is 2. The van der Waals surface area contributed by atoms with E-state index in [9.17, 15) is 38.4 Å². The largest absolute Gasteiger partial charge is 0.513 e. The number of ether oxygens (including phenoxy) is 12. The van der Waals surface area contributed by atoms with Crippen molar-refractivity contribution in [2.75, 3.05) is 39.6 Å². The highest BCUT2D eigenvalue weighted by molar-refractivity contribution is 5.93. The van der Waals surface area contributed by atoms with Crippen molar-refractivity contribution in [2.45, 2.75) is 50.1 Å². The van der Waals surface area contributed by atoms with Crippen molar-refractivity contribution in [1.29, 1.82) is 0 Å². The van der Waals surface area contributed by atoms with Crippen molar-refractivity contribution in [2.24, 2.45) is 0 Å². The fourth-order valence-electron chi connectivity index (χ4n) is 6.44. The Morgan fingerprint density at radius 1 is 0.414 bits per heavy atom. The molecule has 2 saturated heterocycles. The molecule has 0 radical (unpaired) electrons. The Morgan fingerprint density at radius 2 is 0.700 bits per heavy atom. The molecule has 2 aliphatic heterocycles. The summed E-state index contributed by atoms with van der Waals surface area (Å²) in [6, 6.07) is 22.4. The lowest BCUT2D eigenvalue weighted by Crippen LogP contribution is -2.36. The Kier molecular flexibility index (Phi) is 18.7. The summed E-state index contributed by atoms with van der Waals surface area (Å²) in [7, 11) is 0. The third-order valence-corrected chi connectivity index (χ3v) is 10.0. The number of rotatable bonds is 22. The first-order valence-corrected chi connectivity index (χ1v) is 21.7. The van der Waals surface area contributed by atoms with E-state index in [4.69, 9.17) is 56.8 Å². The molecule has 4 aromatic rings. The Morgan fingerprint density at radius 3 is 1.01 bits per heavy atom. The minimum absolute atomic E-state index is 0.0198. The molecule has 20 nitrogen and oxygen atoms in total. The molecule has 70 heavy (non-hydrogen) atoms. The van der Waals surface area contributed by atoms with Gasteiger partial charge in [0.1, 0.15) is 35.2 Å². The first kappa shape index (κ1) is 51.0. The first-order valence-electron chi connectivity index (χ1n) is 21.7. The molecule has 366 valence electrons. The zero-order valence-corrected chi connectivity index (χ0v) is 37.4. The monoisotopic (exact) mass is 966 g/mol. The number of benzene rings is 4. The molecule has 0 amide bonds. The van der Waals surface area contributed by atoms with Gasteiger partial charge in [0.25, 0.3) is 0 Å². The highest BCUT2D eigenvalue weighted by Gasteiger charge is 2.51. The van der Waals surface area contributed by atoms with Gasteiger partial charge in [0, 0.05) is 12.2 Å². The fraction of sp³-hybridized carbons (Fsp3) is 0.280. The van der Waals surface area contributed by atoms with Gasteiger partial charge in [-0.25, -0.2) is 38.4 Å². The summed E-state index contributed by atoms with van der Waals surface area (Å²) < 4.78 is 63.7. The third kappa shape index (κ3) is 15.3. The molecule has 2 aliphatic rings. The van der Waals surface area contributed by atoms with E-state index < -0.39 is 72.5 Å². The predicted octanol–water partition coefficient (Wildman–Crippen LogP) is 6.72. The van der Waals surface area contributed by atoms with Crippen LogP contribution < -0.4 is 18.9 Å². The highest BCUT2D eigenvalue weighted by Crippen LogP contribution is 2.32. The number of fused-ring (bicyclic) bond motifs is 1. The molecule has 4 aromatic carbocycles. The van der Waals surface area contributed by atoms with Gasteiger partial charge in [0.05, 0.1) is 61.9 Å². The van der Waals surface area contributed by atoms with E-state index in [0.29, 0.717) is 25.7 Å². The standard InChI is InChI=1S/C50H46O20/c1-3-41(51)59-25-5-7-27-61-49(57)67-37-21-13-31(14-22-37)45(53)65-35-17-9-33(10-18-35)47(55)69-39-29-63-44-40(30-64-43(39)44)70-48(56)34-11-19-36(20-12-34)66-46(54)32-15-23-38(24-16-32)68-50(58)62-28-8-6-26-60-42(52)4-2/h3-4,9-24,39-40,43-44H,1-2,5-8,25-30H2/t39-,40?,43-,44-/m1/s1. The minimum atomic E-state index is -0.945. The molecule has 20 heteroatoms. The third-order valence-electron chi connectivity index (χ3n) is 10.0. The summed E-state index contributed by atoms with van der Waals surface area (Å²) in [6.45, 7) is 6.98. The summed E-state index contributed by atoms with van der Waals surface area (Å²) in [6.07, 6.45) is -0.999. The topological polar surface area (TPSA) is 247 Å². The number of esters is 6. The summed E-state index contributed by atoms with van der Waals surface area (Å²) in [5.41, 5.74) is 0.613. The highest BCUT2D eigenvalue weighted by atomic mass is 16.7. The van der Waals surface area contributed by atoms with Crippen molar-refractivity contribution < 1.29 is 95.2 Å². The second kappa shape index (κ2) is 25.7. The van der Waals surface area contributed by atoms with Crippen LogP contribution in [0.15, 0.2) is 122 Å². The van der Waals surface area contributed by atoms with Gasteiger partial charge < -0.3 is 56.8 Å². The number of carbonyl (C=O) groups is 8. The Hall–Kier alpha value is -8.36. The summed E-state index contributed by atoms with van der Waals surface area (Å²) in [5, 5.41) is 0. The van der Waals surface area contributed by atoms with Crippen molar-refractivity contribution in [3.8, 4) is 23.0 Å². The van der Waals surface area contributed by atoms with E-state index >= 15 is 0 Å². The van der Waals surface area contributed by atoms with Gasteiger partial charge in [-0.05, 0) is 123 Å². The van der Waals surface area contributed by atoms with Gasteiger partial charge in [-0.1, -0.05) is 13.2 Å². The van der Waals surface area contributed by atoms with Crippen LogP contribution in [-0.2, 0) is 47.5 Å². The lowest BCUT2D eigenvalue weighted by Gasteiger charge is -2.17. The van der Waals surface area contributed by atoms with E-state index in [0.717, 1.165) is 12.2 Å².